The Morgan fingerprint density at radius 3 is 2.79 bits per heavy atom. The molecule has 1 N–H and O–H groups in total. The van der Waals surface area contributed by atoms with Gasteiger partial charge in [-0.15, -0.1) is 22.7 Å². The minimum atomic E-state index is -0.550. The quantitative estimate of drug-likeness (QED) is 0.688. The first-order valence-corrected chi connectivity index (χ1v) is 8.21. The van der Waals surface area contributed by atoms with Crippen LogP contribution in [-0.2, 0) is 6.42 Å². The maximum Gasteiger partial charge on any atom is 0.124 e. The first-order valence-electron chi connectivity index (χ1n) is 5.72. The number of aliphatic hydroxyl groups is 1. The zero-order valence-electron chi connectivity index (χ0n) is 9.77. The Morgan fingerprint density at radius 1 is 1.21 bits per heavy atom. The summed E-state index contributed by atoms with van der Waals surface area (Å²) < 4.78 is 16.1. The lowest BCUT2D eigenvalue weighted by Gasteiger charge is -2.10. The molecule has 0 fully saturated rings. The molecule has 0 bridgehead atoms. The van der Waals surface area contributed by atoms with Crippen LogP contribution in [0.15, 0.2) is 40.2 Å². The van der Waals surface area contributed by atoms with Crippen LogP contribution in [0, 0.1) is 5.82 Å². The average molecular weight is 357 g/mol. The van der Waals surface area contributed by atoms with Crippen molar-refractivity contribution < 1.29 is 9.50 Å². The number of hydrogen-bond acceptors (Lipinski definition) is 3. The molecule has 1 unspecified atom stereocenters. The smallest absolute Gasteiger partial charge is 0.124 e. The molecule has 0 spiro atoms. The van der Waals surface area contributed by atoms with Crippen molar-refractivity contribution >= 4 is 48.0 Å². The predicted molar refractivity (Wildman–Crippen MR) is 82.5 cm³/mol. The van der Waals surface area contributed by atoms with Gasteiger partial charge >= 0.3 is 0 Å². The number of benzene rings is 1. The normalized spacial score (nSPS) is 13.0. The fourth-order valence-electron chi connectivity index (χ4n) is 1.94. The molecular formula is C14H10BrFOS2. The van der Waals surface area contributed by atoms with E-state index in [1.165, 1.54) is 21.5 Å². The molecule has 2 aromatic heterocycles. The van der Waals surface area contributed by atoms with Crippen LogP contribution in [0.2, 0.25) is 0 Å². The highest BCUT2D eigenvalue weighted by Gasteiger charge is 2.14. The molecule has 3 rings (SSSR count). The Bertz CT molecular complexity index is 691. The summed E-state index contributed by atoms with van der Waals surface area (Å²) in [5.41, 5.74) is 0.908. The molecule has 1 aromatic carbocycles. The Morgan fingerprint density at radius 2 is 2.05 bits per heavy atom. The molecule has 2 heterocycles. The molecule has 1 atom stereocenters. The summed E-state index contributed by atoms with van der Waals surface area (Å²) in [7, 11) is 0. The van der Waals surface area contributed by atoms with Gasteiger partial charge in [-0.3, -0.25) is 0 Å². The monoisotopic (exact) mass is 356 g/mol. The SMILES string of the molecule is OC(Cc1ccc(F)cc1Br)c1cc2sccc2s1. The molecule has 1 nitrogen and oxygen atoms in total. The molecular weight excluding hydrogens is 347 g/mol. The topological polar surface area (TPSA) is 20.2 Å². The first-order chi connectivity index (χ1) is 9.13. The van der Waals surface area contributed by atoms with E-state index in [-0.39, 0.29) is 5.82 Å². The molecule has 0 amide bonds. The average Bonchev–Trinajstić information content (AvgIpc) is 2.93. The van der Waals surface area contributed by atoms with Crippen molar-refractivity contribution in [2.75, 3.05) is 0 Å². The summed E-state index contributed by atoms with van der Waals surface area (Å²) in [5.74, 6) is -0.276. The van der Waals surface area contributed by atoms with Gasteiger partial charge in [0.15, 0.2) is 0 Å². The minimum absolute atomic E-state index is 0.276. The zero-order chi connectivity index (χ0) is 13.4. The molecule has 0 aliphatic rings. The second-order valence-corrected chi connectivity index (χ2v) is 7.17. The first kappa shape index (κ1) is 13.2. The van der Waals surface area contributed by atoms with Crippen molar-refractivity contribution in [3.05, 3.63) is 56.4 Å². The molecule has 98 valence electrons. The molecule has 19 heavy (non-hydrogen) atoms. The number of rotatable bonds is 3. The lowest BCUT2D eigenvalue weighted by molar-refractivity contribution is 0.182. The van der Waals surface area contributed by atoms with Crippen molar-refractivity contribution in [1.82, 2.24) is 0 Å². The van der Waals surface area contributed by atoms with E-state index in [4.69, 9.17) is 0 Å². The van der Waals surface area contributed by atoms with E-state index in [0.29, 0.717) is 10.9 Å². The summed E-state index contributed by atoms with van der Waals surface area (Å²) in [6.45, 7) is 0. The minimum Gasteiger partial charge on any atom is -0.387 e. The molecule has 0 saturated heterocycles. The van der Waals surface area contributed by atoms with E-state index in [0.717, 1.165) is 10.4 Å². The van der Waals surface area contributed by atoms with Crippen molar-refractivity contribution in [3.63, 3.8) is 0 Å². The number of halogens is 2. The van der Waals surface area contributed by atoms with Gasteiger partial charge in [0, 0.05) is 25.2 Å². The lowest BCUT2D eigenvalue weighted by Crippen LogP contribution is -2.00. The highest BCUT2D eigenvalue weighted by atomic mass is 79.9. The fraction of sp³-hybridized carbons (Fsp3) is 0.143. The number of thiophene rings is 2. The van der Waals surface area contributed by atoms with E-state index >= 15 is 0 Å². The number of hydrogen-bond donors (Lipinski definition) is 1. The third-order valence-corrected chi connectivity index (χ3v) is 5.85. The van der Waals surface area contributed by atoms with Crippen molar-refractivity contribution in [2.24, 2.45) is 0 Å². The standard InChI is InChI=1S/C14H10BrFOS2/c15-10-6-9(16)2-1-8(10)5-11(17)13-7-14-12(19-13)3-4-18-14/h1-4,6-7,11,17H,5H2. The molecule has 0 aliphatic heterocycles. The predicted octanol–water partition coefficient (Wildman–Crippen LogP) is 5.14. The number of fused-ring (bicyclic) bond motifs is 1. The van der Waals surface area contributed by atoms with Crippen LogP contribution in [0.25, 0.3) is 9.40 Å². The van der Waals surface area contributed by atoms with Crippen LogP contribution in [0.5, 0.6) is 0 Å². The van der Waals surface area contributed by atoms with Crippen molar-refractivity contribution in [2.45, 2.75) is 12.5 Å². The molecule has 0 aliphatic carbocycles. The maximum atomic E-state index is 13.0. The third-order valence-electron chi connectivity index (χ3n) is 2.92. The Hall–Kier alpha value is -0.750. The second kappa shape index (κ2) is 5.32. The van der Waals surface area contributed by atoms with E-state index < -0.39 is 6.10 Å². The van der Waals surface area contributed by atoms with Crippen LogP contribution >= 0.6 is 38.6 Å². The summed E-state index contributed by atoms with van der Waals surface area (Å²) >= 11 is 6.62. The van der Waals surface area contributed by atoms with Crippen molar-refractivity contribution in [1.29, 1.82) is 0 Å². The summed E-state index contributed by atoms with van der Waals surface area (Å²) in [4.78, 5) is 0.957. The van der Waals surface area contributed by atoms with Crippen molar-refractivity contribution in [3.8, 4) is 0 Å². The van der Waals surface area contributed by atoms with E-state index in [1.54, 1.807) is 28.7 Å². The van der Waals surface area contributed by atoms with Gasteiger partial charge in [0.25, 0.3) is 0 Å². The molecule has 5 heteroatoms. The molecule has 0 saturated carbocycles. The van der Waals surface area contributed by atoms with Gasteiger partial charge in [0.05, 0.1) is 6.10 Å². The van der Waals surface area contributed by atoms with E-state index in [2.05, 4.69) is 22.0 Å². The zero-order valence-corrected chi connectivity index (χ0v) is 13.0. The van der Waals surface area contributed by atoms with E-state index in [9.17, 15) is 9.50 Å². The van der Waals surface area contributed by atoms with Gasteiger partial charge in [0.1, 0.15) is 5.82 Å². The highest BCUT2D eigenvalue weighted by Crippen LogP contribution is 2.35. The van der Waals surface area contributed by atoms with Crippen LogP contribution in [0.1, 0.15) is 16.5 Å². The van der Waals surface area contributed by atoms with Gasteiger partial charge in [-0.1, -0.05) is 22.0 Å². The highest BCUT2D eigenvalue weighted by molar-refractivity contribution is 9.10. The van der Waals surface area contributed by atoms with Crippen LogP contribution in [0.4, 0.5) is 4.39 Å². The lowest BCUT2D eigenvalue weighted by atomic mass is 10.1. The fourth-order valence-corrected chi connectivity index (χ4v) is 4.56. The Labute approximate surface area is 126 Å². The van der Waals surface area contributed by atoms with Gasteiger partial charge in [-0.05, 0) is 35.2 Å². The van der Waals surface area contributed by atoms with Gasteiger partial charge in [-0.2, -0.15) is 0 Å². The third kappa shape index (κ3) is 2.74. The van der Waals surface area contributed by atoms with Gasteiger partial charge in [-0.25, -0.2) is 4.39 Å². The van der Waals surface area contributed by atoms with E-state index in [1.807, 2.05) is 11.4 Å². The Kier molecular flexibility index (Phi) is 3.71. The Balaban J connectivity index is 1.84. The maximum absolute atomic E-state index is 13.0. The van der Waals surface area contributed by atoms with Crippen LogP contribution < -0.4 is 0 Å². The van der Waals surface area contributed by atoms with Gasteiger partial charge in [0.2, 0.25) is 0 Å². The number of aliphatic hydroxyl groups excluding tert-OH is 1. The van der Waals surface area contributed by atoms with Gasteiger partial charge < -0.3 is 5.11 Å². The summed E-state index contributed by atoms with van der Waals surface area (Å²) in [6.07, 6.45) is -0.0689. The molecule has 3 aromatic rings. The van der Waals surface area contributed by atoms with Crippen LogP contribution in [0.3, 0.4) is 0 Å². The molecule has 0 radical (unpaired) electrons. The largest absolute Gasteiger partial charge is 0.387 e. The summed E-state index contributed by atoms with van der Waals surface area (Å²) in [6, 6.07) is 8.65. The second-order valence-electron chi connectivity index (χ2n) is 4.25. The van der Waals surface area contributed by atoms with Crippen LogP contribution in [-0.4, -0.2) is 5.11 Å². The summed E-state index contributed by atoms with van der Waals surface area (Å²) in [5, 5.41) is 12.3.